The van der Waals surface area contributed by atoms with Gasteiger partial charge in [-0.3, -0.25) is 0 Å². The number of rotatable bonds is 2. The molecule has 0 aromatic carbocycles. The molecule has 1 rings (SSSR count). The van der Waals surface area contributed by atoms with E-state index in [-0.39, 0.29) is 0 Å². The van der Waals surface area contributed by atoms with E-state index in [0.717, 1.165) is 13.2 Å². The monoisotopic (exact) mass is 204 g/mol. The van der Waals surface area contributed by atoms with E-state index in [2.05, 4.69) is 4.74 Å². The first-order valence-electron chi connectivity index (χ1n) is 5.11. The number of aliphatic hydroxyl groups is 1. The van der Waals surface area contributed by atoms with Gasteiger partial charge in [-0.1, -0.05) is 0 Å². The third kappa shape index (κ3) is 8.01. The van der Waals surface area contributed by atoms with Gasteiger partial charge in [0.1, 0.15) is 6.10 Å². The Balaban J connectivity index is 0.000000249. The summed E-state index contributed by atoms with van der Waals surface area (Å²) in [4.78, 5) is 10.3. The van der Waals surface area contributed by atoms with Crippen LogP contribution < -0.4 is 0 Å². The lowest BCUT2D eigenvalue weighted by Gasteiger charge is -2.08. The molecule has 0 spiro atoms. The topological polar surface area (TPSA) is 55.8 Å². The molecule has 1 heterocycles. The molecule has 1 aliphatic rings. The zero-order chi connectivity index (χ0) is 10.8. The third-order valence-corrected chi connectivity index (χ3v) is 1.71. The Morgan fingerprint density at radius 3 is 2.14 bits per heavy atom. The Labute approximate surface area is 85.2 Å². The average molecular weight is 204 g/mol. The Morgan fingerprint density at radius 1 is 1.43 bits per heavy atom. The minimum atomic E-state index is -0.991. The van der Waals surface area contributed by atoms with Crippen molar-refractivity contribution < 1.29 is 19.4 Å². The van der Waals surface area contributed by atoms with Crippen molar-refractivity contribution in [2.75, 3.05) is 19.8 Å². The first-order valence-corrected chi connectivity index (χ1v) is 5.11. The second-order valence-electron chi connectivity index (χ2n) is 3.10. The molecule has 1 N–H and O–H groups in total. The second kappa shape index (κ2) is 8.97. The largest absolute Gasteiger partial charge is 0.464 e. The van der Waals surface area contributed by atoms with Crippen molar-refractivity contribution in [2.24, 2.45) is 0 Å². The van der Waals surface area contributed by atoms with E-state index in [1.54, 1.807) is 6.92 Å². The molecule has 1 unspecified atom stereocenters. The maximum atomic E-state index is 10.3. The Morgan fingerprint density at radius 2 is 2.00 bits per heavy atom. The molecular weight excluding hydrogens is 184 g/mol. The molecule has 0 aliphatic carbocycles. The lowest BCUT2D eigenvalue weighted by molar-refractivity contribution is -0.151. The van der Waals surface area contributed by atoms with Crippen LogP contribution in [-0.4, -0.2) is 37.0 Å². The smallest absolute Gasteiger partial charge is 0.334 e. The standard InChI is InChI=1S/C5H10O3.C5H10O/c1-3-8-5(7)4(2)6;1-2-4-6-5-3-1/h4,6H,3H2,1-2H3;1-5H2. The van der Waals surface area contributed by atoms with Crippen molar-refractivity contribution in [1.29, 1.82) is 0 Å². The normalized spacial score (nSPS) is 17.6. The van der Waals surface area contributed by atoms with E-state index < -0.39 is 12.1 Å². The van der Waals surface area contributed by atoms with E-state index in [4.69, 9.17) is 9.84 Å². The van der Waals surface area contributed by atoms with Gasteiger partial charge in [-0.05, 0) is 33.1 Å². The second-order valence-corrected chi connectivity index (χ2v) is 3.10. The van der Waals surface area contributed by atoms with Gasteiger partial charge >= 0.3 is 5.97 Å². The van der Waals surface area contributed by atoms with E-state index in [1.807, 2.05) is 0 Å². The summed E-state index contributed by atoms with van der Waals surface area (Å²) in [5, 5.41) is 8.48. The SMILES string of the molecule is C1CCOCC1.CCOC(=O)C(C)O. The van der Waals surface area contributed by atoms with Crippen LogP contribution in [-0.2, 0) is 14.3 Å². The highest BCUT2D eigenvalue weighted by Gasteiger charge is 2.07. The van der Waals surface area contributed by atoms with Gasteiger partial charge in [0.25, 0.3) is 0 Å². The van der Waals surface area contributed by atoms with Gasteiger partial charge < -0.3 is 14.6 Å². The maximum Gasteiger partial charge on any atom is 0.334 e. The molecule has 0 bridgehead atoms. The summed E-state index contributed by atoms with van der Waals surface area (Å²) in [6.45, 7) is 5.39. The fourth-order valence-electron chi connectivity index (χ4n) is 0.950. The molecule has 1 fully saturated rings. The highest BCUT2D eigenvalue weighted by atomic mass is 16.5. The summed E-state index contributed by atoms with van der Waals surface area (Å²) in [5.41, 5.74) is 0. The number of ether oxygens (including phenoxy) is 2. The molecule has 1 saturated heterocycles. The van der Waals surface area contributed by atoms with Crippen LogP contribution >= 0.6 is 0 Å². The quantitative estimate of drug-likeness (QED) is 0.685. The molecular formula is C10H20O4. The molecule has 84 valence electrons. The zero-order valence-corrected chi connectivity index (χ0v) is 8.99. The molecule has 0 aromatic rings. The summed E-state index contributed by atoms with van der Waals surface area (Å²) >= 11 is 0. The zero-order valence-electron chi connectivity index (χ0n) is 8.99. The molecule has 0 amide bonds. The number of esters is 1. The van der Waals surface area contributed by atoms with Gasteiger partial charge in [0.2, 0.25) is 0 Å². The fourth-order valence-corrected chi connectivity index (χ4v) is 0.950. The van der Waals surface area contributed by atoms with Crippen LogP contribution in [0, 0.1) is 0 Å². The molecule has 4 heteroatoms. The van der Waals surface area contributed by atoms with Gasteiger partial charge in [-0.25, -0.2) is 4.79 Å². The van der Waals surface area contributed by atoms with Crippen molar-refractivity contribution in [3.05, 3.63) is 0 Å². The lowest BCUT2D eigenvalue weighted by Crippen LogP contribution is -2.18. The Kier molecular flexibility index (Phi) is 8.57. The van der Waals surface area contributed by atoms with Crippen LogP contribution in [0.1, 0.15) is 33.1 Å². The number of carbonyl (C=O) groups is 1. The minimum absolute atomic E-state index is 0.323. The van der Waals surface area contributed by atoms with Crippen molar-refractivity contribution in [1.82, 2.24) is 0 Å². The molecule has 1 aliphatic heterocycles. The predicted molar refractivity (Wildman–Crippen MR) is 53.0 cm³/mol. The third-order valence-electron chi connectivity index (χ3n) is 1.71. The maximum absolute atomic E-state index is 10.3. The van der Waals surface area contributed by atoms with E-state index >= 15 is 0 Å². The highest BCUT2D eigenvalue weighted by Crippen LogP contribution is 2.02. The molecule has 4 nitrogen and oxygen atoms in total. The molecule has 0 aromatic heterocycles. The predicted octanol–water partition coefficient (Wildman–Crippen LogP) is 1.12. The van der Waals surface area contributed by atoms with Gasteiger partial charge in [-0.2, -0.15) is 0 Å². The summed E-state index contributed by atoms with van der Waals surface area (Å²) in [5.74, 6) is -0.562. The van der Waals surface area contributed by atoms with E-state index in [9.17, 15) is 4.79 Å². The first-order chi connectivity index (χ1) is 6.68. The summed E-state index contributed by atoms with van der Waals surface area (Å²) in [7, 11) is 0. The van der Waals surface area contributed by atoms with Gasteiger partial charge in [0.05, 0.1) is 6.61 Å². The summed E-state index contributed by atoms with van der Waals surface area (Å²) < 4.78 is 9.48. The number of carbonyl (C=O) groups excluding carboxylic acids is 1. The fraction of sp³-hybridized carbons (Fsp3) is 0.900. The minimum Gasteiger partial charge on any atom is -0.464 e. The first kappa shape index (κ1) is 13.4. The number of hydrogen-bond donors (Lipinski definition) is 1. The molecule has 0 radical (unpaired) electrons. The number of hydrogen-bond acceptors (Lipinski definition) is 4. The van der Waals surface area contributed by atoms with E-state index in [0.29, 0.717) is 6.61 Å². The van der Waals surface area contributed by atoms with Crippen molar-refractivity contribution in [3.8, 4) is 0 Å². The van der Waals surface area contributed by atoms with Gasteiger partial charge in [0.15, 0.2) is 0 Å². The average Bonchev–Trinajstić information content (AvgIpc) is 2.21. The van der Waals surface area contributed by atoms with Crippen molar-refractivity contribution in [2.45, 2.75) is 39.2 Å². The van der Waals surface area contributed by atoms with Gasteiger partial charge in [-0.15, -0.1) is 0 Å². The van der Waals surface area contributed by atoms with Gasteiger partial charge in [0, 0.05) is 13.2 Å². The van der Waals surface area contributed by atoms with Crippen LogP contribution in [0.25, 0.3) is 0 Å². The van der Waals surface area contributed by atoms with Crippen molar-refractivity contribution in [3.63, 3.8) is 0 Å². The summed E-state index contributed by atoms with van der Waals surface area (Å²) in [6.07, 6.45) is 2.94. The molecule has 14 heavy (non-hydrogen) atoms. The van der Waals surface area contributed by atoms with E-state index in [1.165, 1.54) is 26.2 Å². The van der Waals surface area contributed by atoms with Crippen LogP contribution in [0.4, 0.5) is 0 Å². The highest BCUT2D eigenvalue weighted by molar-refractivity contribution is 5.73. The van der Waals surface area contributed by atoms with Crippen LogP contribution in [0.5, 0.6) is 0 Å². The van der Waals surface area contributed by atoms with Crippen LogP contribution in [0.15, 0.2) is 0 Å². The summed E-state index contributed by atoms with van der Waals surface area (Å²) in [6, 6.07) is 0. The molecule has 0 saturated carbocycles. The Bertz CT molecular complexity index is 130. The Hall–Kier alpha value is -0.610. The van der Waals surface area contributed by atoms with Crippen LogP contribution in [0.3, 0.4) is 0 Å². The van der Waals surface area contributed by atoms with Crippen LogP contribution in [0.2, 0.25) is 0 Å². The van der Waals surface area contributed by atoms with Crippen molar-refractivity contribution >= 4 is 5.97 Å². The lowest BCUT2D eigenvalue weighted by atomic mass is 10.2. The molecule has 1 atom stereocenters. The number of aliphatic hydroxyl groups excluding tert-OH is 1.